The standard InChI is InChI=1S/C19H14N2O3Se/c1-23-14-6-4-5-13(11-14)18-19(21-9-3-2-7-16(21)20-18)25-15-8-10-24-17(22)12-15/h2-12H,1H3. The van der Waals surface area contributed by atoms with Crippen LogP contribution in [0.2, 0.25) is 0 Å². The molecule has 0 aliphatic rings. The number of nitrogens with zero attached hydrogens (tertiary/aromatic N) is 2. The Labute approximate surface area is 150 Å². The van der Waals surface area contributed by atoms with E-state index in [2.05, 4.69) is 4.40 Å². The number of methoxy groups -OCH3 is 1. The summed E-state index contributed by atoms with van der Waals surface area (Å²) in [6.07, 6.45) is 3.43. The molecule has 0 aliphatic heterocycles. The van der Waals surface area contributed by atoms with Gasteiger partial charge in [0.15, 0.2) is 0 Å². The summed E-state index contributed by atoms with van der Waals surface area (Å²) in [5.41, 5.74) is 2.43. The van der Waals surface area contributed by atoms with E-state index >= 15 is 0 Å². The predicted octanol–water partition coefficient (Wildman–Crippen LogP) is 1.62. The van der Waals surface area contributed by atoms with Crippen LogP contribution in [0.5, 0.6) is 5.75 Å². The molecule has 0 unspecified atom stereocenters. The van der Waals surface area contributed by atoms with E-state index < -0.39 is 0 Å². The van der Waals surface area contributed by atoms with Crippen molar-refractivity contribution >= 4 is 29.7 Å². The third kappa shape index (κ3) is 3.09. The zero-order chi connectivity index (χ0) is 17.2. The molecule has 3 aromatic heterocycles. The van der Waals surface area contributed by atoms with Gasteiger partial charge in [0, 0.05) is 0 Å². The molecule has 0 radical (unpaired) electrons. The molecular weight excluding hydrogens is 383 g/mol. The topological polar surface area (TPSA) is 56.7 Å². The van der Waals surface area contributed by atoms with E-state index in [-0.39, 0.29) is 20.6 Å². The molecule has 0 saturated heterocycles. The van der Waals surface area contributed by atoms with Crippen LogP contribution in [0.25, 0.3) is 16.9 Å². The van der Waals surface area contributed by atoms with Crippen LogP contribution in [0.15, 0.2) is 76.3 Å². The first-order valence-corrected chi connectivity index (χ1v) is 9.34. The Balaban J connectivity index is 1.90. The Morgan fingerprint density at radius 1 is 1.12 bits per heavy atom. The van der Waals surface area contributed by atoms with Crippen molar-refractivity contribution in [3.8, 4) is 17.0 Å². The average Bonchev–Trinajstić information content (AvgIpc) is 3.00. The Morgan fingerprint density at radius 3 is 2.88 bits per heavy atom. The van der Waals surface area contributed by atoms with E-state index in [4.69, 9.17) is 14.1 Å². The fourth-order valence-corrected chi connectivity index (χ4v) is 4.70. The summed E-state index contributed by atoms with van der Waals surface area (Å²) < 4.78 is 14.3. The van der Waals surface area contributed by atoms with E-state index in [0.29, 0.717) is 0 Å². The molecule has 0 bridgehead atoms. The van der Waals surface area contributed by atoms with Gasteiger partial charge in [0.25, 0.3) is 0 Å². The molecule has 1 aromatic carbocycles. The van der Waals surface area contributed by atoms with Gasteiger partial charge in [-0.2, -0.15) is 0 Å². The van der Waals surface area contributed by atoms with Gasteiger partial charge in [0.2, 0.25) is 0 Å². The Kier molecular flexibility index (Phi) is 4.14. The van der Waals surface area contributed by atoms with Gasteiger partial charge in [-0.15, -0.1) is 0 Å². The average molecular weight is 397 g/mol. The molecule has 0 spiro atoms. The Morgan fingerprint density at radius 2 is 2.04 bits per heavy atom. The second-order valence-corrected chi connectivity index (χ2v) is 7.54. The van der Waals surface area contributed by atoms with E-state index in [9.17, 15) is 4.79 Å². The molecule has 124 valence electrons. The van der Waals surface area contributed by atoms with Gasteiger partial charge in [0.1, 0.15) is 0 Å². The van der Waals surface area contributed by atoms with Crippen molar-refractivity contribution < 1.29 is 9.15 Å². The summed E-state index contributed by atoms with van der Waals surface area (Å²) in [5.74, 6) is 0.786. The summed E-state index contributed by atoms with van der Waals surface area (Å²) >= 11 is -0.102. The van der Waals surface area contributed by atoms with Gasteiger partial charge in [-0.05, 0) is 0 Å². The molecule has 0 saturated carbocycles. The number of imidazole rings is 1. The quantitative estimate of drug-likeness (QED) is 0.491. The van der Waals surface area contributed by atoms with Crippen molar-refractivity contribution in [2.24, 2.45) is 0 Å². The maximum absolute atomic E-state index is 11.5. The van der Waals surface area contributed by atoms with Crippen LogP contribution in [0.1, 0.15) is 0 Å². The molecule has 5 nitrogen and oxygen atoms in total. The van der Waals surface area contributed by atoms with Gasteiger partial charge in [-0.25, -0.2) is 0 Å². The number of ether oxygens (including phenoxy) is 1. The van der Waals surface area contributed by atoms with Crippen LogP contribution in [0, 0.1) is 0 Å². The summed E-state index contributed by atoms with van der Waals surface area (Å²) in [7, 11) is 1.65. The van der Waals surface area contributed by atoms with Crippen molar-refractivity contribution in [1.82, 2.24) is 9.38 Å². The predicted molar refractivity (Wildman–Crippen MR) is 97.2 cm³/mol. The molecule has 25 heavy (non-hydrogen) atoms. The number of pyridine rings is 1. The normalized spacial score (nSPS) is 10.9. The molecule has 3 heterocycles. The zero-order valence-corrected chi connectivity index (χ0v) is 15.1. The van der Waals surface area contributed by atoms with Crippen LogP contribution < -0.4 is 19.4 Å². The van der Waals surface area contributed by atoms with Crippen molar-refractivity contribution in [1.29, 1.82) is 0 Å². The SMILES string of the molecule is COc1cccc(-c2nc3ccccn3c2[Se]c2ccoc(=O)c2)c1. The molecule has 0 atom stereocenters. The van der Waals surface area contributed by atoms with Crippen molar-refractivity contribution in [2.45, 2.75) is 0 Å². The van der Waals surface area contributed by atoms with Crippen LogP contribution in [0.3, 0.4) is 0 Å². The molecule has 4 rings (SSSR count). The van der Waals surface area contributed by atoms with Crippen LogP contribution in [0.4, 0.5) is 0 Å². The minimum atomic E-state index is -0.337. The van der Waals surface area contributed by atoms with Gasteiger partial charge in [0.05, 0.1) is 0 Å². The number of fused-ring (bicyclic) bond motifs is 1. The number of hydrogen-bond donors (Lipinski definition) is 0. The van der Waals surface area contributed by atoms with Gasteiger partial charge in [-0.3, -0.25) is 0 Å². The van der Waals surface area contributed by atoms with Gasteiger partial charge < -0.3 is 0 Å². The fraction of sp³-hybridized carbons (Fsp3) is 0.0526. The van der Waals surface area contributed by atoms with E-state index in [0.717, 1.165) is 31.7 Å². The van der Waals surface area contributed by atoms with E-state index in [1.165, 1.54) is 12.3 Å². The van der Waals surface area contributed by atoms with Crippen LogP contribution >= 0.6 is 0 Å². The summed E-state index contributed by atoms with van der Waals surface area (Å²) in [4.78, 5) is 16.3. The summed E-state index contributed by atoms with van der Waals surface area (Å²) in [6.45, 7) is 0. The van der Waals surface area contributed by atoms with Crippen molar-refractivity contribution in [3.05, 3.63) is 77.5 Å². The zero-order valence-electron chi connectivity index (χ0n) is 13.4. The molecule has 4 aromatic rings. The molecule has 6 heteroatoms. The Hall–Kier alpha value is -2.82. The van der Waals surface area contributed by atoms with Gasteiger partial charge >= 0.3 is 150 Å². The number of benzene rings is 1. The van der Waals surface area contributed by atoms with Crippen molar-refractivity contribution in [3.63, 3.8) is 0 Å². The molecule has 0 N–H and O–H groups in total. The molecule has 0 amide bonds. The monoisotopic (exact) mass is 398 g/mol. The van der Waals surface area contributed by atoms with E-state index in [1.54, 1.807) is 7.11 Å². The number of rotatable bonds is 4. The number of aromatic nitrogens is 2. The fourth-order valence-electron chi connectivity index (χ4n) is 2.57. The van der Waals surface area contributed by atoms with Crippen molar-refractivity contribution in [2.75, 3.05) is 7.11 Å². The summed E-state index contributed by atoms with van der Waals surface area (Å²) in [6, 6.07) is 17.1. The third-order valence-electron chi connectivity index (χ3n) is 3.72. The molecule has 0 fully saturated rings. The van der Waals surface area contributed by atoms with Crippen LogP contribution in [-0.2, 0) is 0 Å². The first-order chi connectivity index (χ1) is 12.2. The second kappa shape index (κ2) is 6.59. The van der Waals surface area contributed by atoms with E-state index in [1.807, 2.05) is 54.7 Å². The first-order valence-electron chi connectivity index (χ1n) is 7.63. The minimum absolute atomic E-state index is 0.102. The molecule has 0 aliphatic carbocycles. The first kappa shape index (κ1) is 15.7. The van der Waals surface area contributed by atoms with Gasteiger partial charge in [-0.1, -0.05) is 0 Å². The Bertz CT molecular complexity index is 1100. The van der Waals surface area contributed by atoms with Crippen LogP contribution in [-0.4, -0.2) is 31.5 Å². The maximum atomic E-state index is 11.5. The second-order valence-electron chi connectivity index (χ2n) is 5.31. The number of hydrogen-bond acceptors (Lipinski definition) is 4. The molecular formula is C19H14N2O3Se. The summed E-state index contributed by atoms with van der Waals surface area (Å²) in [5, 5.41) is 0. The third-order valence-corrected chi connectivity index (χ3v) is 5.97.